The van der Waals surface area contributed by atoms with Crippen LogP contribution in [0.1, 0.15) is 61.5 Å². The highest BCUT2D eigenvalue weighted by Gasteiger charge is 2.30. The van der Waals surface area contributed by atoms with E-state index in [1.807, 2.05) is 48.5 Å². The Labute approximate surface area is 335 Å². The predicted molar refractivity (Wildman–Crippen MR) is 218 cm³/mol. The smallest absolute Gasteiger partial charge is 0.379 e. The maximum Gasteiger partial charge on any atom is 0.416 e. The average molecular weight is 791 g/mol. The summed E-state index contributed by atoms with van der Waals surface area (Å²) in [5.74, 6) is -1.15. The zero-order chi connectivity index (χ0) is 40.5. The number of pyridine rings is 1. The van der Waals surface area contributed by atoms with E-state index >= 15 is 0 Å². The fourth-order valence-corrected chi connectivity index (χ4v) is 7.23. The van der Waals surface area contributed by atoms with Gasteiger partial charge in [0.2, 0.25) is 0 Å². The van der Waals surface area contributed by atoms with E-state index in [2.05, 4.69) is 25.4 Å². The highest BCUT2D eigenvalue weighted by molar-refractivity contribution is 6.10. The zero-order valence-electron chi connectivity index (χ0n) is 32.0. The number of piperidine rings is 1. The van der Waals surface area contributed by atoms with Gasteiger partial charge in [-0.05, 0) is 97.6 Å². The molecule has 2 fully saturated rings. The number of anilines is 3. The number of para-hydroxylation sites is 1. The molecule has 0 unspecified atom stereocenters. The lowest BCUT2D eigenvalue weighted by Gasteiger charge is -2.30. The lowest BCUT2D eigenvalue weighted by molar-refractivity contribution is -0.137. The van der Waals surface area contributed by atoms with Gasteiger partial charge in [-0.3, -0.25) is 24.3 Å². The summed E-state index contributed by atoms with van der Waals surface area (Å²) in [4.78, 5) is 52.3. The molecule has 7 rings (SSSR count). The average Bonchev–Trinajstić information content (AvgIpc) is 3.26. The second-order valence-electron chi connectivity index (χ2n) is 14.4. The Morgan fingerprint density at radius 1 is 0.741 bits per heavy atom. The van der Waals surface area contributed by atoms with Crippen molar-refractivity contribution >= 4 is 34.8 Å². The Balaban J connectivity index is 1.12. The monoisotopic (exact) mass is 790 g/mol. The van der Waals surface area contributed by atoms with E-state index in [1.165, 1.54) is 24.4 Å². The SMILES string of the molecule is O=C(NCc1cccc(C(F)(F)F)c1)c1ccnc(-c2cc(N3CCCCC3)ccc2NC(=O)c2cccc(C(=O)N(CCN3CCOCC3)c3ccccc3)c2)c1. The summed E-state index contributed by atoms with van der Waals surface area (Å²) in [7, 11) is 0. The number of amides is 3. The second-order valence-corrected chi connectivity index (χ2v) is 14.4. The van der Waals surface area contributed by atoms with Crippen LogP contribution in [0, 0.1) is 0 Å². The number of alkyl halides is 3. The first-order chi connectivity index (χ1) is 28.1. The van der Waals surface area contributed by atoms with Crippen molar-refractivity contribution in [1.29, 1.82) is 0 Å². The molecular weight excluding hydrogens is 746 g/mol. The van der Waals surface area contributed by atoms with Crippen molar-refractivity contribution in [3.63, 3.8) is 0 Å². The highest BCUT2D eigenvalue weighted by atomic mass is 19.4. The normalized spacial score (nSPS) is 14.8. The van der Waals surface area contributed by atoms with Crippen molar-refractivity contribution in [2.24, 2.45) is 0 Å². The lowest BCUT2D eigenvalue weighted by atomic mass is 10.0. The number of rotatable bonds is 12. The third-order valence-electron chi connectivity index (χ3n) is 10.4. The van der Waals surface area contributed by atoms with Crippen molar-refractivity contribution in [3.05, 3.63) is 143 Å². The highest BCUT2D eigenvalue weighted by Crippen LogP contribution is 2.34. The molecule has 2 aliphatic rings. The van der Waals surface area contributed by atoms with Crippen molar-refractivity contribution in [1.82, 2.24) is 15.2 Å². The van der Waals surface area contributed by atoms with E-state index in [4.69, 9.17) is 4.74 Å². The molecule has 2 aliphatic heterocycles. The number of hydrogen-bond donors (Lipinski definition) is 2. The molecule has 0 radical (unpaired) electrons. The van der Waals surface area contributed by atoms with Crippen LogP contribution >= 0.6 is 0 Å². The van der Waals surface area contributed by atoms with E-state index in [0.29, 0.717) is 54.4 Å². The van der Waals surface area contributed by atoms with Crippen molar-refractivity contribution < 1.29 is 32.3 Å². The topological polar surface area (TPSA) is 107 Å². The molecule has 3 amide bonds. The number of benzene rings is 4. The Kier molecular flexibility index (Phi) is 12.8. The largest absolute Gasteiger partial charge is 0.416 e. The van der Waals surface area contributed by atoms with Crippen LogP contribution in [-0.4, -0.2) is 80.1 Å². The van der Waals surface area contributed by atoms with Crippen LogP contribution in [0.15, 0.2) is 115 Å². The molecular formula is C45H45F3N6O4. The van der Waals surface area contributed by atoms with Crippen LogP contribution in [0.3, 0.4) is 0 Å². The van der Waals surface area contributed by atoms with Gasteiger partial charge in [0.25, 0.3) is 17.7 Å². The van der Waals surface area contributed by atoms with Gasteiger partial charge in [-0.25, -0.2) is 0 Å². The van der Waals surface area contributed by atoms with Crippen LogP contribution in [0.4, 0.5) is 30.2 Å². The summed E-state index contributed by atoms with van der Waals surface area (Å²) in [5, 5.41) is 5.74. The summed E-state index contributed by atoms with van der Waals surface area (Å²) in [5.41, 5.74) is 3.57. The molecule has 3 heterocycles. The minimum absolute atomic E-state index is 0.106. The number of carbonyl (C=O) groups is 3. The number of nitrogens with zero attached hydrogens (tertiary/aromatic N) is 4. The molecule has 58 heavy (non-hydrogen) atoms. The van der Waals surface area contributed by atoms with Crippen LogP contribution in [-0.2, 0) is 17.5 Å². The summed E-state index contributed by atoms with van der Waals surface area (Å²) in [6.45, 7) is 5.69. The Hall–Kier alpha value is -6.05. The van der Waals surface area contributed by atoms with Gasteiger partial charge in [0, 0.05) is 85.6 Å². The van der Waals surface area contributed by atoms with E-state index in [1.54, 1.807) is 35.2 Å². The summed E-state index contributed by atoms with van der Waals surface area (Å²) >= 11 is 0. The second kappa shape index (κ2) is 18.5. The molecule has 4 aromatic carbocycles. The summed E-state index contributed by atoms with van der Waals surface area (Å²) in [6.07, 6.45) is 0.244. The van der Waals surface area contributed by atoms with Crippen LogP contribution in [0.2, 0.25) is 0 Å². The Bertz CT molecular complexity index is 2220. The first-order valence-corrected chi connectivity index (χ1v) is 19.5. The third-order valence-corrected chi connectivity index (χ3v) is 10.4. The molecule has 0 saturated carbocycles. The quantitative estimate of drug-likeness (QED) is 0.132. The van der Waals surface area contributed by atoms with Gasteiger partial charge in [-0.15, -0.1) is 0 Å². The molecule has 0 atom stereocenters. The minimum atomic E-state index is -4.50. The van der Waals surface area contributed by atoms with E-state index in [-0.39, 0.29) is 23.6 Å². The van der Waals surface area contributed by atoms with Crippen LogP contribution < -0.4 is 20.4 Å². The molecule has 0 spiro atoms. The van der Waals surface area contributed by atoms with Gasteiger partial charge in [-0.1, -0.05) is 36.4 Å². The van der Waals surface area contributed by atoms with Crippen LogP contribution in [0.25, 0.3) is 11.3 Å². The van der Waals surface area contributed by atoms with Gasteiger partial charge in [-0.2, -0.15) is 13.2 Å². The first kappa shape index (κ1) is 40.2. The standard InChI is InChI=1S/C45H45F3N6O4/c46-45(47,48)36-12-7-9-32(27-36)31-50-42(55)34-17-18-49-41(29-34)39-30-38(53-19-5-2-6-20-53)15-16-40(39)51-43(56)33-10-8-11-35(28-33)44(57)54(37-13-3-1-4-14-37)22-21-52-23-25-58-26-24-52/h1,3-4,7-18,27-30H,2,5-6,19-26,31H2,(H,50,55)(H,51,56). The van der Waals surface area contributed by atoms with Crippen molar-refractivity contribution in [2.75, 3.05) is 67.6 Å². The number of halogens is 3. The molecule has 2 N–H and O–H groups in total. The molecule has 1 aromatic heterocycles. The van der Waals surface area contributed by atoms with Gasteiger partial charge in [0.1, 0.15) is 0 Å². The number of ether oxygens (including phenoxy) is 1. The number of nitrogens with one attached hydrogen (secondary N) is 2. The third kappa shape index (κ3) is 10.1. The van der Waals surface area contributed by atoms with E-state index in [0.717, 1.165) is 68.9 Å². The number of morpholine rings is 1. The molecule has 0 bridgehead atoms. The molecule has 2 saturated heterocycles. The van der Waals surface area contributed by atoms with E-state index in [9.17, 15) is 27.6 Å². The fraction of sp³-hybridized carbons (Fsp3) is 0.289. The van der Waals surface area contributed by atoms with Gasteiger partial charge < -0.3 is 25.2 Å². The predicted octanol–water partition coefficient (Wildman–Crippen LogP) is 7.92. The van der Waals surface area contributed by atoms with Crippen molar-refractivity contribution in [3.8, 4) is 11.3 Å². The molecule has 5 aromatic rings. The van der Waals surface area contributed by atoms with Gasteiger partial charge in [0.05, 0.1) is 30.2 Å². The lowest BCUT2D eigenvalue weighted by Crippen LogP contribution is -2.43. The first-order valence-electron chi connectivity index (χ1n) is 19.5. The van der Waals surface area contributed by atoms with Crippen LogP contribution in [0.5, 0.6) is 0 Å². The number of hydrogen-bond acceptors (Lipinski definition) is 7. The maximum atomic E-state index is 14.1. The molecule has 0 aliphatic carbocycles. The molecule has 13 heteroatoms. The number of carbonyl (C=O) groups excluding carboxylic acids is 3. The zero-order valence-corrected chi connectivity index (χ0v) is 32.0. The molecule has 300 valence electrons. The van der Waals surface area contributed by atoms with Gasteiger partial charge >= 0.3 is 6.18 Å². The number of aromatic nitrogens is 1. The molecule has 10 nitrogen and oxygen atoms in total. The fourth-order valence-electron chi connectivity index (χ4n) is 7.23. The Morgan fingerprint density at radius 2 is 1.48 bits per heavy atom. The maximum absolute atomic E-state index is 14.1. The summed E-state index contributed by atoms with van der Waals surface area (Å²) < 4.78 is 45.3. The Morgan fingerprint density at radius 3 is 2.26 bits per heavy atom. The minimum Gasteiger partial charge on any atom is -0.379 e. The summed E-state index contributed by atoms with van der Waals surface area (Å²) in [6, 6.07) is 29.8. The van der Waals surface area contributed by atoms with E-state index < -0.39 is 23.6 Å². The van der Waals surface area contributed by atoms with Crippen molar-refractivity contribution in [2.45, 2.75) is 32.0 Å². The van der Waals surface area contributed by atoms with Gasteiger partial charge in [0.15, 0.2) is 0 Å².